The van der Waals surface area contributed by atoms with Gasteiger partial charge >= 0.3 is 6.09 Å². The number of amides is 2. The highest BCUT2D eigenvalue weighted by atomic mass is 32.1. The maximum Gasteiger partial charge on any atom is 0.410 e. The number of nitrogens with one attached hydrogen (secondary N) is 2. The van der Waals surface area contributed by atoms with Gasteiger partial charge in [0.25, 0.3) is 5.91 Å². The molecule has 34 heavy (non-hydrogen) atoms. The van der Waals surface area contributed by atoms with E-state index in [0.717, 1.165) is 15.7 Å². The number of anilines is 2. The van der Waals surface area contributed by atoms with Crippen molar-refractivity contribution in [2.75, 3.05) is 30.8 Å². The minimum Gasteiger partial charge on any atom is -0.444 e. The average molecular weight is 482 g/mol. The van der Waals surface area contributed by atoms with Gasteiger partial charge in [0.1, 0.15) is 11.1 Å². The Balaban J connectivity index is 1.45. The molecule has 0 spiro atoms. The number of ether oxygens (including phenoxy) is 1. The van der Waals surface area contributed by atoms with Gasteiger partial charge in [0.05, 0.1) is 39.5 Å². The molecule has 2 amide bonds. The summed E-state index contributed by atoms with van der Waals surface area (Å²) in [6, 6.07) is 5.65. The summed E-state index contributed by atoms with van der Waals surface area (Å²) in [5.41, 5.74) is 2.77. The van der Waals surface area contributed by atoms with Crippen LogP contribution < -0.4 is 10.6 Å². The van der Waals surface area contributed by atoms with Crippen molar-refractivity contribution in [3.63, 3.8) is 0 Å². The summed E-state index contributed by atoms with van der Waals surface area (Å²) in [6.45, 7) is 6.30. The fourth-order valence-electron chi connectivity index (χ4n) is 3.29. The van der Waals surface area contributed by atoms with E-state index in [1.165, 1.54) is 16.2 Å². The van der Waals surface area contributed by atoms with E-state index in [4.69, 9.17) is 4.74 Å². The van der Waals surface area contributed by atoms with Crippen LogP contribution in [0.25, 0.3) is 21.3 Å². The van der Waals surface area contributed by atoms with Crippen LogP contribution in [0, 0.1) is 0 Å². The highest BCUT2D eigenvalue weighted by molar-refractivity contribution is 7.17. The van der Waals surface area contributed by atoms with Crippen molar-refractivity contribution in [1.82, 2.24) is 24.4 Å². The number of imidazole rings is 1. The first-order chi connectivity index (χ1) is 16.1. The number of carbonyl (C=O) groups is 2. The quantitative estimate of drug-likeness (QED) is 0.426. The van der Waals surface area contributed by atoms with E-state index in [2.05, 4.69) is 25.6 Å². The Kier molecular flexibility index (Phi) is 6.38. The number of thiophene rings is 1. The summed E-state index contributed by atoms with van der Waals surface area (Å²) < 4.78 is 8.05. The van der Waals surface area contributed by atoms with E-state index >= 15 is 0 Å². The molecule has 0 saturated carbocycles. The topological polar surface area (TPSA) is 114 Å². The third-order valence-corrected chi connectivity index (χ3v) is 5.90. The standard InChI is InChI=1S/C23H27N7O3S/c1-23(2,3)33-22(32)29(4)10-9-24-21-25-11-17-18(28-21)14(12-34-17)20(31)27-15-7-6-8-16-19(15)26-13-30(16)5/h6-8,11-13H,9-10H2,1-5H3,(H,27,31)(H,24,25,28). The Bertz CT molecular complexity index is 1360. The fraction of sp³-hybridized carbons (Fsp3) is 0.348. The first-order valence-electron chi connectivity index (χ1n) is 10.8. The van der Waals surface area contributed by atoms with Gasteiger partial charge < -0.3 is 24.8 Å². The Morgan fingerprint density at radius 2 is 2.00 bits per heavy atom. The van der Waals surface area contributed by atoms with Gasteiger partial charge in [-0.05, 0) is 32.9 Å². The van der Waals surface area contributed by atoms with E-state index in [1.807, 2.05) is 50.6 Å². The Morgan fingerprint density at radius 3 is 2.76 bits per heavy atom. The van der Waals surface area contributed by atoms with Crippen molar-refractivity contribution in [3.05, 3.63) is 41.7 Å². The second kappa shape index (κ2) is 9.26. The number of hydrogen-bond acceptors (Lipinski definition) is 8. The normalized spacial score (nSPS) is 11.6. The Labute approximate surface area is 201 Å². The highest BCUT2D eigenvalue weighted by Gasteiger charge is 2.20. The van der Waals surface area contributed by atoms with Gasteiger partial charge in [-0.15, -0.1) is 11.3 Å². The van der Waals surface area contributed by atoms with Crippen LogP contribution in [-0.2, 0) is 11.8 Å². The zero-order valence-electron chi connectivity index (χ0n) is 19.7. The van der Waals surface area contributed by atoms with Gasteiger partial charge in [0, 0.05) is 32.6 Å². The van der Waals surface area contributed by atoms with Crippen molar-refractivity contribution >= 4 is 56.2 Å². The third kappa shape index (κ3) is 5.09. The number of rotatable bonds is 6. The Morgan fingerprint density at radius 1 is 1.21 bits per heavy atom. The van der Waals surface area contributed by atoms with Crippen LogP contribution in [0.1, 0.15) is 31.1 Å². The molecule has 3 aromatic heterocycles. The van der Waals surface area contributed by atoms with E-state index in [0.29, 0.717) is 35.8 Å². The number of fused-ring (bicyclic) bond motifs is 2. The minimum absolute atomic E-state index is 0.265. The number of para-hydroxylation sites is 1. The molecule has 0 aliphatic heterocycles. The molecule has 0 unspecified atom stereocenters. The van der Waals surface area contributed by atoms with Gasteiger partial charge in [-0.1, -0.05) is 6.07 Å². The molecule has 3 heterocycles. The summed E-state index contributed by atoms with van der Waals surface area (Å²) >= 11 is 1.40. The van der Waals surface area contributed by atoms with Gasteiger partial charge in [0.2, 0.25) is 5.95 Å². The lowest BCUT2D eigenvalue weighted by Gasteiger charge is -2.24. The summed E-state index contributed by atoms with van der Waals surface area (Å²) in [5, 5.41) is 7.83. The van der Waals surface area contributed by atoms with Crippen LogP contribution in [-0.4, -0.2) is 62.2 Å². The predicted octanol–water partition coefficient (Wildman–Crippen LogP) is 4.11. The van der Waals surface area contributed by atoms with Gasteiger partial charge in [-0.3, -0.25) is 4.79 Å². The largest absolute Gasteiger partial charge is 0.444 e. The molecule has 11 heteroatoms. The molecule has 0 fully saturated rings. The number of benzene rings is 1. The number of hydrogen-bond donors (Lipinski definition) is 2. The van der Waals surface area contributed by atoms with Crippen molar-refractivity contribution in [1.29, 1.82) is 0 Å². The van der Waals surface area contributed by atoms with Crippen LogP contribution in [0.4, 0.5) is 16.4 Å². The molecule has 1 aromatic carbocycles. The van der Waals surface area contributed by atoms with Gasteiger partial charge in [-0.25, -0.2) is 19.7 Å². The SMILES string of the molecule is CN(CCNc1ncc2scc(C(=O)Nc3cccc4c3ncn4C)c2n1)C(=O)OC(C)(C)C. The molecule has 0 aliphatic rings. The third-order valence-electron chi connectivity index (χ3n) is 5.00. The molecule has 0 atom stereocenters. The minimum atomic E-state index is -0.551. The number of aryl methyl sites for hydroxylation is 1. The zero-order chi connectivity index (χ0) is 24.5. The number of nitrogens with zero attached hydrogens (tertiary/aromatic N) is 5. The van der Waals surface area contributed by atoms with Crippen LogP contribution in [0.5, 0.6) is 0 Å². The van der Waals surface area contributed by atoms with Crippen molar-refractivity contribution < 1.29 is 14.3 Å². The second-order valence-corrected chi connectivity index (χ2v) is 9.78. The number of likely N-dealkylation sites (N-methyl/N-ethyl adjacent to an activating group) is 1. The molecule has 178 valence electrons. The fourth-order valence-corrected chi connectivity index (χ4v) is 4.13. The lowest BCUT2D eigenvalue weighted by Crippen LogP contribution is -2.36. The lowest BCUT2D eigenvalue weighted by atomic mass is 10.2. The molecule has 10 nitrogen and oxygen atoms in total. The van der Waals surface area contributed by atoms with E-state index < -0.39 is 11.7 Å². The Hall–Kier alpha value is -3.73. The smallest absolute Gasteiger partial charge is 0.410 e. The van der Waals surface area contributed by atoms with Crippen LogP contribution >= 0.6 is 11.3 Å². The molecule has 0 saturated heterocycles. The molecule has 4 rings (SSSR count). The molecule has 0 aliphatic carbocycles. The number of aromatic nitrogens is 4. The zero-order valence-corrected chi connectivity index (χ0v) is 20.6. The summed E-state index contributed by atoms with van der Waals surface area (Å²) in [5.74, 6) is 0.114. The molecule has 4 aromatic rings. The summed E-state index contributed by atoms with van der Waals surface area (Å²) in [4.78, 5) is 39.9. The van der Waals surface area contributed by atoms with E-state index in [1.54, 1.807) is 25.0 Å². The highest BCUT2D eigenvalue weighted by Crippen LogP contribution is 2.27. The molecular formula is C23H27N7O3S. The van der Waals surface area contributed by atoms with Crippen molar-refractivity contribution in [2.45, 2.75) is 26.4 Å². The predicted molar refractivity (Wildman–Crippen MR) is 133 cm³/mol. The van der Waals surface area contributed by atoms with E-state index in [9.17, 15) is 9.59 Å². The maximum atomic E-state index is 13.1. The van der Waals surface area contributed by atoms with Crippen molar-refractivity contribution in [2.24, 2.45) is 7.05 Å². The van der Waals surface area contributed by atoms with Crippen LogP contribution in [0.2, 0.25) is 0 Å². The summed E-state index contributed by atoms with van der Waals surface area (Å²) in [7, 11) is 3.58. The first kappa shape index (κ1) is 23.4. The molecule has 2 N–H and O–H groups in total. The lowest BCUT2D eigenvalue weighted by molar-refractivity contribution is 0.0305. The molecular weight excluding hydrogens is 454 g/mol. The summed E-state index contributed by atoms with van der Waals surface area (Å²) in [6.07, 6.45) is 3.00. The van der Waals surface area contributed by atoms with Crippen LogP contribution in [0.15, 0.2) is 36.1 Å². The van der Waals surface area contributed by atoms with Crippen molar-refractivity contribution in [3.8, 4) is 0 Å². The molecule has 0 bridgehead atoms. The monoisotopic (exact) mass is 481 g/mol. The van der Waals surface area contributed by atoms with Gasteiger partial charge in [-0.2, -0.15) is 0 Å². The second-order valence-electron chi connectivity index (χ2n) is 8.87. The van der Waals surface area contributed by atoms with E-state index in [-0.39, 0.29) is 5.91 Å². The first-order valence-corrected chi connectivity index (χ1v) is 11.6. The maximum absolute atomic E-state index is 13.1. The average Bonchev–Trinajstić information content (AvgIpc) is 3.36. The van der Waals surface area contributed by atoms with Gasteiger partial charge in [0.15, 0.2) is 0 Å². The van der Waals surface area contributed by atoms with Crippen LogP contribution in [0.3, 0.4) is 0 Å². The number of carbonyl (C=O) groups excluding carboxylic acids is 2. The molecule has 0 radical (unpaired) electrons.